The Kier molecular flexibility index (Phi) is 3.88. The highest BCUT2D eigenvalue weighted by Crippen LogP contribution is 2.37. The van der Waals surface area contributed by atoms with Crippen LogP contribution < -0.4 is 14.2 Å². The Morgan fingerprint density at radius 1 is 1.41 bits per heavy atom. The second kappa shape index (κ2) is 5.59. The molecule has 0 aliphatic carbocycles. The van der Waals surface area contributed by atoms with Gasteiger partial charge >= 0.3 is 0 Å². The molecule has 4 heteroatoms. The van der Waals surface area contributed by atoms with Gasteiger partial charge in [-0.15, -0.1) is 0 Å². The van der Waals surface area contributed by atoms with Gasteiger partial charge in [0.15, 0.2) is 11.5 Å². The molecule has 0 aromatic heterocycles. The van der Waals surface area contributed by atoms with E-state index in [0.29, 0.717) is 30.5 Å². The molecule has 0 saturated carbocycles. The monoisotopic (exact) mass is 236 g/mol. The fourth-order valence-electron chi connectivity index (χ4n) is 1.40. The number of hydrogen-bond acceptors (Lipinski definition) is 4. The predicted octanol–water partition coefficient (Wildman–Crippen LogP) is 2.04. The van der Waals surface area contributed by atoms with Crippen LogP contribution in [0.15, 0.2) is 30.9 Å². The molecule has 0 amide bonds. The Morgan fingerprint density at radius 3 is 2.82 bits per heavy atom. The first kappa shape index (κ1) is 11.8. The van der Waals surface area contributed by atoms with Crippen LogP contribution >= 0.6 is 0 Å². The van der Waals surface area contributed by atoms with Crippen LogP contribution in [0.25, 0.3) is 0 Å². The molecule has 1 fully saturated rings. The minimum atomic E-state index is 0.201. The van der Waals surface area contributed by atoms with E-state index in [2.05, 4.69) is 6.58 Å². The highest BCUT2D eigenvalue weighted by molar-refractivity contribution is 5.51. The van der Waals surface area contributed by atoms with Gasteiger partial charge in [-0.25, -0.2) is 0 Å². The first-order chi connectivity index (χ1) is 8.35. The zero-order chi connectivity index (χ0) is 12.1. The van der Waals surface area contributed by atoms with Gasteiger partial charge in [-0.1, -0.05) is 18.7 Å². The van der Waals surface area contributed by atoms with Crippen molar-refractivity contribution in [2.24, 2.45) is 0 Å². The molecular weight excluding hydrogens is 220 g/mol. The number of ether oxygens (including phenoxy) is 4. The van der Waals surface area contributed by atoms with Crippen molar-refractivity contribution < 1.29 is 18.9 Å². The molecule has 0 unspecified atom stereocenters. The van der Waals surface area contributed by atoms with Gasteiger partial charge in [0.25, 0.3) is 0 Å². The number of hydrogen-bond donors (Lipinski definition) is 0. The van der Waals surface area contributed by atoms with Gasteiger partial charge in [-0.05, 0) is 12.1 Å². The maximum atomic E-state index is 5.67. The fourth-order valence-corrected chi connectivity index (χ4v) is 1.40. The molecule has 0 radical (unpaired) electrons. The molecule has 1 aromatic rings. The first-order valence-corrected chi connectivity index (χ1v) is 5.50. The van der Waals surface area contributed by atoms with Crippen LogP contribution in [0.1, 0.15) is 0 Å². The van der Waals surface area contributed by atoms with E-state index in [9.17, 15) is 0 Å². The van der Waals surface area contributed by atoms with Crippen molar-refractivity contribution in [1.29, 1.82) is 0 Å². The molecule has 1 aliphatic heterocycles. The summed E-state index contributed by atoms with van der Waals surface area (Å²) < 4.78 is 21.5. The van der Waals surface area contributed by atoms with Gasteiger partial charge in [-0.2, -0.15) is 0 Å². The van der Waals surface area contributed by atoms with E-state index in [1.54, 1.807) is 13.2 Å². The van der Waals surface area contributed by atoms with Crippen LogP contribution in [-0.4, -0.2) is 33.0 Å². The van der Waals surface area contributed by atoms with Crippen molar-refractivity contribution in [2.45, 2.75) is 6.10 Å². The summed E-state index contributed by atoms with van der Waals surface area (Å²) in [4.78, 5) is 0. The lowest BCUT2D eigenvalue weighted by molar-refractivity contribution is 0.237. The second-order valence-corrected chi connectivity index (χ2v) is 3.65. The van der Waals surface area contributed by atoms with Crippen molar-refractivity contribution in [3.05, 3.63) is 30.9 Å². The summed E-state index contributed by atoms with van der Waals surface area (Å²) in [5.74, 6) is 1.93. The molecule has 2 rings (SSSR count). The Labute approximate surface area is 101 Å². The van der Waals surface area contributed by atoms with E-state index in [1.165, 1.54) is 0 Å². The quantitative estimate of drug-likeness (QED) is 0.536. The Morgan fingerprint density at radius 2 is 2.18 bits per heavy atom. The third kappa shape index (κ3) is 3.14. The Bertz CT molecular complexity index is 385. The maximum absolute atomic E-state index is 5.67. The predicted molar refractivity (Wildman–Crippen MR) is 63.9 cm³/mol. The van der Waals surface area contributed by atoms with Crippen LogP contribution in [0.3, 0.4) is 0 Å². The van der Waals surface area contributed by atoms with Gasteiger partial charge in [0.05, 0.1) is 13.7 Å². The molecule has 1 heterocycles. The largest absolute Gasteiger partial charge is 0.493 e. The summed E-state index contributed by atoms with van der Waals surface area (Å²) in [6, 6.07) is 5.54. The third-order valence-corrected chi connectivity index (χ3v) is 2.34. The zero-order valence-corrected chi connectivity index (χ0v) is 9.85. The highest BCUT2D eigenvalue weighted by atomic mass is 16.6. The fraction of sp³-hybridized carbons (Fsp3) is 0.385. The standard InChI is InChI=1S/C13H16O4/c1-3-7-15-12-6-4-5-11(14-2)13(12)17-9-10-8-16-10/h3-6,10H,1,7-9H2,2H3/t10-/m1/s1. The molecule has 4 nitrogen and oxygen atoms in total. The number of benzene rings is 1. The number of methoxy groups -OCH3 is 1. The average Bonchev–Trinajstić information content (AvgIpc) is 3.18. The topological polar surface area (TPSA) is 40.2 Å². The minimum Gasteiger partial charge on any atom is -0.493 e. The smallest absolute Gasteiger partial charge is 0.203 e. The lowest BCUT2D eigenvalue weighted by atomic mass is 10.3. The van der Waals surface area contributed by atoms with Crippen LogP contribution in [0.4, 0.5) is 0 Å². The SMILES string of the molecule is C=CCOc1cccc(OC)c1OC[C@H]1CO1. The number of epoxide rings is 1. The first-order valence-electron chi connectivity index (χ1n) is 5.50. The minimum absolute atomic E-state index is 0.201. The summed E-state index contributed by atoms with van der Waals surface area (Å²) in [5, 5.41) is 0. The molecule has 0 spiro atoms. The third-order valence-electron chi connectivity index (χ3n) is 2.34. The van der Waals surface area contributed by atoms with E-state index in [-0.39, 0.29) is 6.10 Å². The van der Waals surface area contributed by atoms with Gasteiger partial charge in [0, 0.05) is 0 Å². The number of para-hydroxylation sites is 1. The molecule has 17 heavy (non-hydrogen) atoms. The van der Waals surface area contributed by atoms with E-state index in [0.717, 1.165) is 6.61 Å². The maximum Gasteiger partial charge on any atom is 0.203 e. The lowest BCUT2D eigenvalue weighted by Gasteiger charge is -2.14. The normalized spacial score (nSPS) is 17.4. The molecule has 0 N–H and O–H groups in total. The van der Waals surface area contributed by atoms with Crippen molar-refractivity contribution in [1.82, 2.24) is 0 Å². The van der Waals surface area contributed by atoms with Crippen LogP contribution in [-0.2, 0) is 4.74 Å². The van der Waals surface area contributed by atoms with E-state index in [1.807, 2.05) is 18.2 Å². The van der Waals surface area contributed by atoms with Gasteiger partial charge in [0.2, 0.25) is 5.75 Å². The van der Waals surface area contributed by atoms with Crippen molar-refractivity contribution in [3.63, 3.8) is 0 Å². The van der Waals surface area contributed by atoms with Gasteiger partial charge < -0.3 is 18.9 Å². The summed E-state index contributed by atoms with van der Waals surface area (Å²) in [7, 11) is 1.60. The molecule has 0 bridgehead atoms. The van der Waals surface area contributed by atoms with E-state index in [4.69, 9.17) is 18.9 Å². The van der Waals surface area contributed by atoms with Gasteiger partial charge in [0.1, 0.15) is 19.3 Å². The molecule has 92 valence electrons. The van der Waals surface area contributed by atoms with Crippen molar-refractivity contribution in [2.75, 3.05) is 26.9 Å². The average molecular weight is 236 g/mol. The van der Waals surface area contributed by atoms with Crippen LogP contribution in [0.2, 0.25) is 0 Å². The molecule has 1 atom stereocenters. The Hall–Kier alpha value is -1.68. The zero-order valence-electron chi connectivity index (χ0n) is 9.85. The summed E-state index contributed by atoms with van der Waals surface area (Å²) in [5.41, 5.74) is 0. The summed E-state index contributed by atoms with van der Waals surface area (Å²) in [6.45, 7) is 5.33. The Balaban J connectivity index is 2.12. The van der Waals surface area contributed by atoms with E-state index < -0.39 is 0 Å². The molecule has 1 aliphatic rings. The summed E-state index contributed by atoms with van der Waals surface area (Å²) in [6.07, 6.45) is 1.89. The molecular formula is C13H16O4. The molecule has 1 aromatic carbocycles. The lowest BCUT2D eigenvalue weighted by Crippen LogP contribution is -2.07. The van der Waals surface area contributed by atoms with Crippen LogP contribution in [0.5, 0.6) is 17.2 Å². The van der Waals surface area contributed by atoms with E-state index >= 15 is 0 Å². The highest BCUT2D eigenvalue weighted by Gasteiger charge is 2.24. The number of rotatable bonds is 7. The van der Waals surface area contributed by atoms with Crippen molar-refractivity contribution in [3.8, 4) is 17.2 Å². The second-order valence-electron chi connectivity index (χ2n) is 3.65. The van der Waals surface area contributed by atoms with Gasteiger partial charge in [-0.3, -0.25) is 0 Å². The summed E-state index contributed by atoms with van der Waals surface area (Å²) >= 11 is 0. The molecule has 1 saturated heterocycles. The van der Waals surface area contributed by atoms with Crippen LogP contribution in [0, 0.1) is 0 Å². The van der Waals surface area contributed by atoms with Crippen molar-refractivity contribution >= 4 is 0 Å².